The molecule has 184 valence electrons. The lowest BCUT2D eigenvalue weighted by Gasteiger charge is -2.29. The van der Waals surface area contributed by atoms with E-state index in [1.165, 1.54) is 12.1 Å². The van der Waals surface area contributed by atoms with E-state index in [0.717, 1.165) is 12.1 Å². The van der Waals surface area contributed by atoms with Crippen molar-refractivity contribution in [2.24, 2.45) is 11.5 Å². The van der Waals surface area contributed by atoms with Gasteiger partial charge in [-0.15, -0.1) is 0 Å². The van der Waals surface area contributed by atoms with Crippen LogP contribution in [0.25, 0.3) is 11.3 Å². The maximum absolute atomic E-state index is 13.4. The second-order valence-electron chi connectivity index (χ2n) is 7.68. The monoisotopic (exact) mass is 486 g/mol. The molecule has 0 fully saturated rings. The molecule has 3 rings (SSSR count). The van der Waals surface area contributed by atoms with Crippen LogP contribution in [-0.2, 0) is 11.0 Å². The van der Waals surface area contributed by atoms with Gasteiger partial charge in [0.2, 0.25) is 5.91 Å². The Balaban J connectivity index is 1.99. The first kappa shape index (κ1) is 25.7. The van der Waals surface area contributed by atoms with Gasteiger partial charge >= 0.3 is 6.18 Å². The lowest BCUT2D eigenvalue weighted by Crippen LogP contribution is -2.38. The Morgan fingerprint density at radius 2 is 1.66 bits per heavy atom. The van der Waals surface area contributed by atoms with Gasteiger partial charge in [0.25, 0.3) is 5.91 Å². The number of rotatable bonds is 9. The molecule has 0 bridgehead atoms. The predicted molar refractivity (Wildman–Crippen MR) is 125 cm³/mol. The molecule has 1 aromatic heterocycles. The molecule has 10 heteroatoms. The highest BCUT2D eigenvalue weighted by Crippen LogP contribution is 2.38. The van der Waals surface area contributed by atoms with Crippen molar-refractivity contribution < 1.29 is 27.5 Å². The zero-order valence-corrected chi connectivity index (χ0v) is 19.2. The van der Waals surface area contributed by atoms with E-state index in [0.29, 0.717) is 30.1 Å². The molecule has 0 radical (unpaired) electrons. The average molecular weight is 486 g/mol. The van der Waals surface area contributed by atoms with Gasteiger partial charge in [-0.25, -0.2) is 4.98 Å². The summed E-state index contributed by atoms with van der Waals surface area (Å²) in [5.41, 5.74) is 11.3. The Morgan fingerprint density at radius 1 is 1.00 bits per heavy atom. The topological polar surface area (TPSA) is 112 Å². The maximum Gasteiger partial charge on any atom is 0.416 e. The fraction of sp³-hybridized carbons (Fsp3) is 0.240. The summed E-state index contributed by atoms with van der Waals surface area (Å²) in [6.07, 6.45) is -4.60. The molecule has 1 unspecified atom stereocenters. The van der Waals surface area contributed by atoms with Gasteiger partial charge in [0.1, 0.15) is 23.2 Å². The van der Waals surface area contributed by atoms with Crippen molar-refractivity contribution in [3.8, 4) is 22.8 Å². The van der Waals surface area contributed by atoms with Crippen LogP contribution < -0.4 is 16.2 Å². The number of aromatic nitrogens is 1. The Morgan fingerprint density at radius 3 is 2.20 bits per heavy atom. The molecular weight excluding hydrogens is 461 g/mol. The summed E-state index contributed by atoms with van der Waals surface area (Å²) in [7, 11) is 0. The molecule has 0 saturated carbocycles. The summed E-state index contributed by atoms with van der Waals surface area (Å²) in [6, 6.07) is 13.3. The number of amides is 2. The highest BCUT2D eigenvalue weighted by molar-refractivity contribution is 5.91. The normalized spacial score (nSPS) is 12.4. The van der Waals surface area contributed by atoms with E-state index >= 15 is 0 Å². The van der Waals surface area contributed by atoms with Crippen LogP contribution in [0.4, 0.5) is 13.2 Å². The van der Waals surface area contributed by atoms with Crippen molar-refractivity contribution in [2.75, 3.05) is 13.1 Å². The number of alkyl halides is 3. The van der Waals surface area contributed by atoms with Crippen LogP contribution in [0.1, 0.15) is 41.5 Å². The van der Waals surface area contributed by atoms with E-state index in [4.69, 9.17) is 16.2 Å². The van der Waals surface area contributed by atoms with Crippen LogP contribution in [0.2, 0.25) is 0 Å². The zero-order chi connectivity index (χ0) is 25.8. The fourth-order valence-electron chi connectivity index (χ4n) is 3.70. The summed E-state index contributed by atoms with van der Waals surface area (Å²) in [5.74, 6) is -1.04. The molecule has 2 amide bonds. The van der Waals surface area contributed by atoms with E-state index in [-0.39, 0.29) is 17.0 Å². The zero-order valence-electron chi connectivity index (χ0n) is 19.2. The van der Waals surface area contributed by atoms with Crippen molar-refractivity contribution in [3.63, 3.8) is 0 Å². The molecule has 0 aliphatic carbocycles. The van der Waals surface area contributed by atoms with Crippen molar-refractivity contribution >= 4 is 11.8 Å². The largest absolute Gasteiger partial charge is 0.457 e. The third kappa shape index (κ3) is 5.96. The van der Waals surface area contributed by atoms with Gasteiger partial charge in [-0.1, -0.05) is 19.9 Å². The number of halogens is 3. The predicted octanol–water partition coefficient (Wildman–Crippen LogP) is 4.53. The fourth-order valence-corrected chi connectivity index (χ4v) is 3.70. The lowest BCUT2D eigenvalue weighted by molar-refractivity contribution is -0.138. The molecule has 1 heterocycles. The molecular formula is C25H25F3N4O3. The third-order valence-corrected chi connectivity index (χ3v) is 5.46. The Kier molecular flexibility index (Phi) is 7.75. The number of ether oxygens (including phenoxy) is 1. The SMILES string of the molecule is CCN(CC)C(C(N)=O)c1cc(C(F)(F)F)ccc1Oc1ccc(-c2cccc(C(N)=O)n2)cc1. The molecule has 7 nitrogen and oxygen atoms in total. The molecule has 0 saturated heterocycles. The van der Waals surface area contributed by atoms with Crippen molar-refractivity contribution in [3.05, 3.63) is 77.5 Å². The molecule has 1 atom stereocenters. The standard InChI is InChI=1S/C25H25F3N4O3/c1-3-32(4-2)22(24(30)34)18-14-16(25(26,27)28)10-13-21(18)35-17-11-8-15(9-12-17)19-6-5-7-20(31-19)23(29)33/h5-14,22H,3-4H2,1-2H3,(H2,29,33)(H2,30,34). The minimum Gasteiger partial charge on any atom is -0.457 e. The van der Waals surface area contributed by atoms with Gasteiger partial charge in [0, 0.05) is 11.1 Å². The number of carbonyl (C=O) groups is 2. The molecule has 4 N–H and O–H groups in total. The van der Waals surface area contributed by atoms with E-state index < -0.39 is 29.6 Å². The minimum absolute atomic E-state index is 0.0240. The summed E-state index contributed by atoms with van der Waals surface area (Å²) in [6.45, 7) is 4.36. The number of hydrogen-bond acceptors (Lipinski definition) is 5. The Bertz CT molecular complexity index is 1210. The number of likely N-dealkylation sites (N-methyl/N-ethyl adjacent to an activating group) is 1. The Hall–Kier alpha value is -3.92. The highest BCUT2D eigenvalue weighted by Gasteiger charge is 2.34. The summed E-state index contributed by atoms with van der Waals surface area (Å²) >= 11 is 0. The molecule has 0 spiro atoms. The number of nitrogens with two attached hydrogens (primary N) is 2. The van der Waals surface area contributed by atoms with Gasteiger partial charge in [-0.3, -0.25) is 14.5 Å². The second-order valence-corrected chi connectivity index (χ2v) is 7.68. The van der Waals surface area contributed by atoms with Crippen LogP contribution in [0.15, 0.2) is 60.7 Å². The van der Waals surface area contributed by atoms with Crippen LogP contribution >= 0.6 is 0 Å². The van der Waals surface area contributed by atoms with E-state index in [1.54, 1.807) is 55.1 Å². The smallest absolute Gasteiger partial charge is 0.416 e. The van der Waals surface area contributed by atoms with Gasteiger partial charge in [0.05, 0.1) is 11.3 Å². The number of carbonyl (C=O) groups excluding carboxylic acids is 2. The van der Waals surface area contributed by atoms with Gasteiger partial charge in [-0.05, 0) is 67.7 Å². The first-order chi connectivity index (χ1) is 16.5. The van der Waals surface area contributed by atoms with Crippen molar-refractivity contribution in [1.29, 1.82) is 0 Å². The number of pyridine rings is 1. The lowest BCUT2D eigenvalue weighted by atomic mass is 10.00. The quantitative estimate of drug-likeness (QED) is 0.462. The summed E-state index contributed by atoms with van der Waals surface area (Å²) < 4.78 is 46.2. The van der Waals surface area contributed by atoms with Crippen molar-refractivity contribution in [1.82, 2.24) is 9.88 Å². The van der Waals surface area contributed by atoms with Crippen LogP contribution in [0, 0.1) is 0 Å². The van der Waals surface area contributed by atoms with Crippen LogP contribution in [0.3, 0.4) is 0 Å². The first-order valence-electron chi connectivity index (χ1n) is 10.8. The molecule has 2 aromatic carbocycles. The van der Waals surface area contributed by atoms with Gasteiger partial charge < -0.3 is 16.2 Å². The molecule has 3 aromatic rings. The van der Waals surface area contributed by atoms with Crippen LogP contribution in [0.5, 0.6) is 11.5 Å². The number of primary amides is 2. The molecule has 0 aliphatic heterocycles. The first-order valence-corrected chi connectivity index (χ1v) is 10.8. The molecule has 35 heavy (non-hydrogen) atoms. The third-order valence-electron chi connectivity index (χ3n) is 5.46. The second kappa shape index (κ2) is 10.6. The average Bonchev–Trinajstić information content (AvgIpc) is 2.82. The summed E-state index contributed by atoms with van der Waals surface area (Å²) in [4.78, 5) is 29.6. The van der Waals surface area contributed by atoms with E-state index in [2.05, 4.69) is 4.98 Å². The summed E-state index contributed by atoms with van der Waals surface area (Å²) in [5, 5.41) is 0. The number of benzene rings is 2. The van der Waals surface area contributed by atoms with Gasteiger partial charge in [-0.2, -0.15) is 13.2 Å². The van der Waals surface area contributed by atoms with Gasteiger partial charge in [0.15, 0.2) is 0 Å². The molecule has 0 aliphatic rings. The highest BCUT2D eigenvalue weighted by atomic mass is 19.4. The minimum atomic E-state index is -4.60. The van der Waals surface area contributed by atoms with E-state index in [9.17, 15) is 22.8 Å². The maximum atomic E-state index is 13.4. The van der Waals surface area contributed by atoms with E-state index in [1.807, 2.05) is 0 Å². The number of hydrogen-bond donors (Lipinski definition) is 2. The Labute approximate surface area is 200 Å². The van der Waals surface area contributed by atoms with Crippen LogP contribution in [-0.4, -0.2) is 34.8 Å². The number of nitrogens with zero attached hydrogens (tertiary/aromatic N) is 2. The van der Waals surface area contributed by atoms with Crippen molar-refractivity contribution in [2.45, 2.75) is 26.1 Å².